The second-order valence-corrected chi connectivity index (χ2v) is 5.34. The highest BCUT2D eigenvalue weighted by molar-refractivity contribution is 6.30. The topological polar surface area (TPSA) is 29.5 Å². The Morgan fingerprint density at radius 2 is 2.19 bits per heavy atom. The Kier molecular flexibility index (Phi) is 5.11. The van der Waals surface area contributed by atoms with E-state index in [1.54, 1.807) is 23.1 Å². The van der Waals surface area contributed by atoms with Crippen LogP contribution in [0.25, 0.3) is 0 Å². The number of hydrogen-bond acceptors (Lipinski definition) is 2. The fourth-order valence-electron chi connectivity index (χ4n) is 2.46. The van der Waals surface area contributed by atoms with Crippen molar-refractivity contribution in [2.45, 2.75) is 25.1 Å². The van der Waals surface area contributed by atoms with Gasteiger partial charge in [0.05, 0.1) is 6.04 Å². The molecule has 0 radical (unpaired) electrons. The van der Waals surface area contributed by atoms with Gasteiger partial charge in [-0.15, -0.1) is 0 Å². The first kappa shape index (κ1) is 16.1. The Hall–Kier alpha value is -1.27. The van der Waals surface area contributed by atoms with E-state index in [1.807, 2.05) is 6.07 Å². The molecular formula is C14H15ClF3NO2. The van der Waals surface area contributed by atoms with Crippen molar-refractivity contribution in [3.05, 3.63) is 34.9 Å². The summed E-state index contributed by atoms with van der Waals surface area (Å²) in [5.41, 5.74) is 0.893. The van der Waals surface area contributed by atoms with Gasteiger partial charge in [0.15, 0.2) is 0 Å². The lowest BCUT2D eigenvalue weighted by Crippen LogP contribution is -2.34. The quantitative estimate of drug-likeness (QED) is 0.848. The minimum atomic E-state index is -4.42. The number of carbonyl (C=O) groups excluding carboxylic acids is 1. The van der Waals surface area contributed by atoms with Gasteiger partial charge in [0.2, 0.25) is 5.91 Å². The average Bonchev–Trinajstić information content (AvgIpc) is 2.86. The van der Waals surface area contributed by atoms with E-state index in [1.165, 1.54) is 0 Å². The van der Waals surface area contributed by atoms with Crippen molar-refractivity contribution in [1.82, 2.24) is 4.90 Å². The Morgan fingerprint density at radius 3 is 2.86 bits per heavy atom. The van der Waals surface area contributed by atoms with Crippen LogP contribution in [0, 0.1) is 0 Å². The van der Waals surface area contributed by atoms with Gasteiger partial charge in [-0.25, -0.2) is 0 Å². The van der Waals surface area contributed by atoms with Crippen molar-refractivity contribution in [3.63, 3.8) is 0 Å². The molecule has 0 spiro atoms. The van der Waals surface area contributed by atoms with Crippen LogP contribution in [0.15, 0.2) is 24.3 Å². The first-order valence-electron chi connectivity index (χ1n) is 6.56. The first-order valence-corrected chi connectivity index (χ1v) is 6.94. The summed E-state index contributed by atoms with van der Waals surface area (Å²) in [7, 11) is 0. The van der Waals surface area contributed by atoms with Crippen LogP contribution in [0.5, 0.6) is 0 Å². The highest BCUT2D eigenvalue weighted by Gasteiger charge is 2.32. The Labute approximate surface area is 125 Å². The Balaban J connectivity index is 1.97. The zero-order chi connectivity index (χ0) is 15.5. The SMILES string of the molecule is O=C(COCC(F)(F)F)N1CCCC1c1cccc(Cl)c1. The molecule has 1 heterocycles. The summed E-state index contributed by atoms with van der Waals surface area (Å²) in [6, 6.07) is 7.01. The molecule has 1 aliphatic heterocycles. The number of alkyl halides is 3. The lowest BCUT2D eigenvalue weighted by atomic mass is 10.0. The molecule has 0 bridgehead atoms. The summed E-state index contributed by atoms with van der Waals surface area (Å²) >= 11 is 5.93. The van der Waals surface area contributed by atoms with Gasteiger partial charge in [0.25, 0.3) is 0 Å². The number of rotatable bonds is 4. The maximum atomic E-state index is 12.0. The standard InChI is InChI=1S/C14H15ClF3NO2/c15-11-4-1-3-10(7-11)12-5-2-6-19(12)13(20)8-21-9-14(16,17)18/h1,3-4,7,12H,2,5-6,8-9H2. The van der Waals surface area contributed by atoms with Gasteiger partial charge in [-0.2, -0.15) is 13.2 Å². The molecule has 1 atom stereocenters. The molecule has 1 aromatic rings. The average molecular weight is 322 g/mol. The van der Waals surface area contributed by atoms with Crippen molar-refractivity contribution < 1.29 is 22.7 Å². The summed E-state index contributed by atoms with van der Waals surface area (Å²) in [6.45, 7) is -1.45. The third kappa shape index (κ3) is 4.61. The molecule has 2 rings (SSSR count). The molecule has 7 heteroatoms. The summed E-state index contributed by atoms with van der Waals surface area (Å²) in [5, 5.41) is 0.570. The number of hydrogen-bond donors (Lipinski definition) is 0. The van der Waals surface area contributed by atoms with Crippen molar-refractivity contribution >= 4 is 17.5 Å². The number of benzene rings is 1. The third-order valence-electron chi connectivity index (χ3n) is 3.30. The maximum Gasteiger partial charge on any atom is 0.411 e. The zero-order valence-electron chi connectivity index (χ0n) is 11.2. The summed E-state index contributed by atoms with van der Waals surface area (Å²) in [4.78, 5) is 13.6. The predicted molar refractivity (Wildman–Crippen MR) is 72.0 cm³/mol. The number of carbonyl (C=O) groups is 1. The van der Waals surface area contributed by atoms with E-state index in [-0.39, 0.29) is 6.04 Å². The molecular weight excluding hydrogens is 307 g/mol. The Bertz CT molecular complexity index is 507. The van der Waals surface area contributed by atoms with Crippen LogP contribution in [0.4, 0.5) is 13.2 Å². The minimum absolute atomic E-state index is 0.148. The number of ether oxygens (including phenoxy) is 1. The van der Waals surface area contributed by atoms with E-state index in [9.17, 15) is 18.0 Å². The van der Waals surface area contributed by atoms with Crippen LogP contribution in [0.1, 0.15) is 24.4 Å². The van der Waals surface area contributed by atoms with Crippen molar-refractivity contribution in [1.29, 1.82) is 0 Å². The van der Waals surface area contributed by atoms with Gasteiger partial charge in [-0.3, -0.25) is 4.79 Å². The molecule has 0 N–H and O–H groups in total. The molecule has 3 nitrogen and oxygen atoms in total. The summed E-state index contributed by atoms with van der Waals surface area (Å²) in [5.74, 6) is -0.429. The van der Waals surface area contributed by atoms with Gasteiger partial charge < -0.3 is 9.64 Å². The van der Waals surface area contributed by atoms with E-state index >= 15 is 0 Å². The van der Waals surface area contributed by atoms with Crippen molar-refractivity contribution in [3.8, 4) is 0 Å². The molecule has 0 aliphatic carbocycles. The highest BCUT2D eigenvalue weighted by Crippen LogP contribution is 2.33. The number of likely N-dealkylation sites (tertiary alicyclic amines) is 1. The number of nitrogens with zero attached hydrogens (tertiary/aromatic N) is 1. The summed E-state index contributed by atoms with van der Waals surface area (Å²) < 4.78 is 40.5. The van der Waals surface area contributed by atoms with E-state index in [0.717, 1.165) is 18.4 Å². The molecule has 0 aromatic heterocycles. The van der Waals surface area contributed by atoms with Crippen LogP contribution in [0.3, 0.4) is 0 Å². The third-order valence-corrected chi connectivity index (χ3v) is 3.53. The molecule has 1 fully saturated rings. The molecule has 116 valence electrons. The minimum Gasteiger partial charge on any atom is -0.362 e. The van der Waals surface area contributed by atoms with Gasteiger partial charge in [-0.1, -0.05) is 23.7 Å². The van der Waals surface area contributed by atoms with Crippen LogP contribution in [-0.2, 0) is 9.53 Å². The molecule has 1 aromatic carbocycles. The molecule has 0 saturated carbocycles. The van der Waals surface area contributed by atoms with E-state index in [2.05, 4.69) is 4.74 Å². The largest absolute Gasteiger partial charge is 0.411 e. The van der Waals surface area contributed by atoms with Gasteiger partial charge >= 0.3 is 6.18 Å². The van der Waals surface area contributed by atoms with Crippen LogP contribution < -0.4 is 0 Å². The van der Waals surface area contributed by atoms with Gasteiger partial charge in [-0.05, 0) is 30.5 Å². The zero-order valence-corrected chi connectivity index (χ0v) is 12.0. The van der Waals surface area contributed by atoms with Crippen molar-refractivity contribution in [2.24, 2.45) is 0 Å². The first-order chi connectivity index (χ1) is 9.87. The lowest BCUT2D eigenvalue weighted by molar-refractivity contribution is -0.178. The number of amides is 1. The fourth-order valence-corrected chi connectivity index (χ4v) is 2.66. The number of halogens is 4. The maximum absolute atomic E-state index is 12.0. The molecule has 1 saturated heterocycles. The van der Waals surface area contributed by atoms with Crippen molar-refractivity contribution in [2.75, 3.05) is 19.8 Å². The van der Waals surface area contributed by atoms with Gasteiger partial charge in [0, 0.05) is 11.6 Å². The van der Waals surface area contributed by atoms with E-state index < -0.39 is 25.3 Å². The van der Waals surface area contributed by atoms with Crippen LogP contribution >= 0.6 is 11.6 Å². The fraction of sp³-hybridized carbons (Fsp3) is 0.500. The molecule has 1 unspecified atom stereocenters. The monoisotopic (exact) mass is 321 g/mol. The Morgan fingerprint density at radius 1 is 1.43 bits per heavy atom. The van der Waals surface area contributed by atoms with Crippen LogP contribution in [-0.4, -0.2) is 36.7 Å². The predicted octanol–water partition coefficient (Wildman–Crippen LogP) is 3.58. The normalized spacial score (nSPS) is 19.0. The smallest absolute Gasteiger partial charge is 0.362 e. The molecule has 1 aliphatic rings. The summed E-state index contributed by atoms with van der Waals surface area (Å²) in [6.07, 6.45) is -2.84. The van der Waals surface area contributed by atoms with E-state index in [0.29, 0.717) is 11.6 Å². The van der Waals surface area contributed by atoms with Crippen LogP contribution in [0.2, 0.25) is 5.02 Å². The van der Waals surface area contributed by atoms with Gasteiger partial charge in [0.1, 0.15) is 13.2 Å². The molecule has 1 amide bonds. The highest BCUT2D eigenvalue weighted by atomic mass is 35.5. The van der Waals surface area contributed by atoms with E-state index in [4.69, 9.17) is 11.6 Å². The second-order valence-electron chi connectivity index (χ2n) is 4.91. The lowest BCUT2D eigenvalue weighted by Gasteiger charge is -2.25. The second kappa shape index (κ2) is 6.66. The molecule has 21 heavy (non-hydrogen) atoms.